The molecule has 1 aliphatic rings. The van der Waals surface area contributed by atoms with Gasteiger partial charge in [-0.15, -0.1) is 0 Å². The van der Waals surface area contributed by atoms with Gasteiger partial charge in [-0.3, -0.25) is 0 Å². The van der Waals surface area contributed by atoms with Gasteiger partial charge in [0.05, 0.1) is 10.6 Å². The Hall–Kier alpha value is -2.44. The SMILES string of the molecule is Cc1ccc(-c2onc(C)c2C)cc1S(=O)(=O)N1CCC(Cc2ccccc2)CC1. The molecule has 0 spiro atoms. The van der Waals surface area contributed by atoms with Crippen molar-refractivity contribution < 1.29 is 12.9 Å². The molecule has 0 unspecified atom stereocenters. The number of nitrogens with zero attached hydrogens (tertiary/aromatic N) is 2. The van der Waals surface area contributed by atoms with Crippen molar-refractivity contribution in [1.82, 2.24) is 9.46 Å². The van der Waals surface area contributed by atoms with Gasteiger partial charge < -0.3 is 4.52 Å². The number of piperidine rings is 1. The molecule has 1 fully saturated rings. The second-order valence-electron chi connectivity index (χ2n) is 8.24. The summed E-state index contributed by atoms with van der Waals surface area (Å²) in [6, 6.07) is 15.9. The average molecular weight is 425 g/mol. The van der Waals surface area contributed by atoms with Gasteiger partial charge in [-0.25, -0.2) is 8.42 Å². The van der Waals surface area contributed by atoms with Crippen LogP contribution in [0.5, 0.6) is 0 Å². The summed E-state index contributed by atoms with van der Waals surface area (Å²) in [4.78, 5) is 0.356. The summed E-state index contributed by atoms with van der Waals surface area (Å²) >= 11 is 0. The van der Waals surface area contributed by atoms with E-state index in [2.05, 4.69) is 29.4 Å². The van der Waals surface area contributed by atoms with Crippen LogP contribution < -0.4 is 0 Å². The highest BCUT2D eigenvalue weighted by Gasteiger charge is 2.31. The molecule has 0 radical (unpaired) electrons. The number of aryl methyl sites for hydroxylation is 2. The van der Waals surface area contributed by atoms with E-state index in [0.29, 0.717) is 29.7 Å². The minimum atomic E-state index is -3.55. The van der Waals surface area contributed by atoms with Gasteiger partial charge in [0.1, 0.15) is 0 Å². The van der Waals surface area contributed by atoms with E-state index in [1.165, 1.54) is 5.56 Å². The first-order chi connectivity index (χ1) is 14.4. The maximum Gasteiger partial charge on any atom is 0.243 e. The Bertz CT molecular complexity index is 1130. The maximum absolute atomic E-state index is 13.4. The Morgan fingerprint density at radius 1 is 1.03 bits per heavy atom. The largest absolute Gasteiger partial charge is 0.356 e. The molecule has 0 amide bonds. The maximum atomic E-state index is 13.4. The van der Waals surface area contributed by atoms with Crippen LogP contribution in [0.1, 0.15) is 35.2 Å². The first kappa shape index (κ1) is 20.8. The predicted octanol–water partition coefficient (Wildman–Crippen LogP) is 4.91. The van der Waals surface area contributed by atoms with Crippen molar-refractivity contribution in [2.75, 3.05) is 13.1 Å². The fraction of sp³-hybridized carbons (Fsp3) is 0.375. The molecular formula is C24H28N2O3S. The van der Waals surface area contributed by atoms with Gasteiger partial charge in [0, 0.05) is 24.2 Å². The van der Waals surface area contributed by atoms with E-state index in [-0.39, 0.29) is 0 Å². The van der Waals surface area contributed by atoms with E-state index >= 15 is 0 Å². The number of sulfonamides is 1. The van der Waals surface area contributed by atoms with Crippen LogP contribution in [0.3, 0.4) is 0 Å². The van der Waals surface area contributed by atoms with E-state index < -0.39 is 10.0 Å². The highest BCUT2D eigenvalue weighted by molar-refractivity contribution is 7.89. The lowest BCUT2D eigenvalue weighted by atomic mass is 9.91. The molecule has 0 bridgehead atoms. The monoisotopic (exact) mass is 424 g/mol. The molecule has 0 saturated carbocycles. The zero-order chi connectivity index (χ0) is 21.3. The molecular weight excluding hydrogens is 396 g/mol. The van der Waals surface area contributed by atoms with Crippen molar-refractivity contribution in [1.29, 1.82) is 0 Å². The van der Waals surface area contributed by atoms with Gasteiger partial charge >= 0.3 is 0 Å². The Morgan fingerprint density at radius 2 is 1.73 bits per heavy atom. The van der Waals surface area contributed by atoms with Crippen molar-refractivity contribution in [3.8, 4) is 11.3 Å². The minimum Gasteiger partial charge on any atom is -0.356 e. The molecule has 5 nitrogen and oxygen atoms in total. The van der Waals surface area contributed by atoms with E-state index in [9.17, 15) is 8.42 Å². The van der Waals surface area contributed by atoms with Crippen molar-refractivity contribution in [2.45, 2.75) is 44.9 Å². The highest BCUT2D eigenvalue weighted by Crippen LogP contribution is 2.32. The molecule has 1 aliphatic heterocycles. The number of hydrogen-bond acceptors (Lipinski definition) is 4. The summed E-state index contributed by atoms with van der Waals surface area (Å²) < 4.78 is 33.9. The Labute approximate surface area is 178 Å². The Balaban J connectivity index is 1.53. The quantitative estimate of drug-likeness (QED) is 0.584. The van der Waals surface area contributed by atoms with Crippen LogP contribution in [0.15, 0.2) is 57.9 Å². The van der Waals surface area contributed by atoms with Gasteiger partial charge in [0.15, 0.2) is 5.76 Å². The lowest BCUT2D eigenvalue weighted by Gasteiger charge is -2.31. The van der Waals surface area contributed by atoms with E-state index in [1.807, 2.05) is 39.0 Å². The Morgan fingerprint density at radius 3 is 2.37 bits per heavy atom. The topological polar surface area (TPSA) is 63.4 Å². The highest BCUT2D eigenvalue weighted by atomic mass is 32.2. The lowest BCUT2D eigenvalue weighted by molar-refractivity contribution is 0.273. The van der Waals surface area contributed by atoms with Gasteiger partial charge in [-0.05, 0) is 63.1 Å². The van der Waals surface area contributed by atoms with Gasteiger partial charge in [0.2, 0.25) is 10.0 Å². The molecule has 2 heterocycles. The third-order valence-electron chi connectivity index (χ3n) is 6.17. The second-order valence-corrected chi connectivity index (χ2v) is 10.1. The Kier molecular flexibility index (Phi) is 5.80. The van der Waals surface area contributed by atoms with Crippen LogP contribution in [-0.2, 0) is 16.4 Å². The number of aromatic nitrogens is 1. The average Bonchev–Trinajstić information content (AvgIpc) is 3.08. The molecule has 0 aliphatic carbocycles. The molecule has 1 saturated heterocycles. The summed E-state index contributed by atoms with van der Waals surface area (Å²) in [5, 5.41) is 4.00. The fourth-order valence-corrected chi connectivity index (χ4v) is 5.86. The number of rotatable bonds is 5. The molecule has 158 valence electrons. The van der Waals surface area contributed by atoms with Crippen molar-refractivity contribution >= 4 is 10.0 Å². The van der Waals surface area contributed by atoms with E-state index in [1.54, 1.807) is 10.4 Å². The van der Waals surface area contributed by atoms with Crippen LogP contribution >= 0.6 is 0 Å². The molecule has 30 heavy (non-hydrogen) atoms. The van der Waals surface area contributed by atoms with Crippen molar-refractivity contribution in [2.24, 2.45) is 5.92 Å². The third kappa shape index (κ3) is 4.07. The standard InChI is InChI=1S/C24H28N2O3S/c1-17-9-10-22(24-18(2)19(3)25-29-24)16-23(17)30(27,28)26-13-11-21(12-14-26)15-20-7-5-4-6-8-20/h4-10,16,21H,11-15H2,1-3H3. The molecule has 3 aromatic rings. The van der Waals surface area contributed by atoms with Crippen LogP contribution in [0.2, 0.25) is 0 Å². The fourth-order valence-electron chi connectivity index (χ4n) is 4.14. The second kappa shape index (κ2) is 8.36. The first-order valence-electron chi connectivity index (χ1n) is 10.4. The van der Waals surface area contributed by atoms with Gasteiger partial charge in [-0.1, -0.05) is 47.6 Å². The zero-order valence-electron chi connectivity index (χ0n) is 17.8. The van der Waals surface area contributed by atoms with Crippen LogP contribution in [0.4, 0.5) is 0 Å². The summed E-state index contributed by atoms with van der Waals surface area (Å²) in [5.41, 5.74) is 4.56. The van der Waals surface area contributed by atoms with Crippen molar-refractivity contribution in [3.05, 3.63) is 70.9 Å². The predicted molar refractivity (Wildman–Crippen MR) is 118 cm³/mol. The molecule has 2 aromatic carbocycles. The molecule has 0 N–H and O–H groups in total. The third-order valence-corrected chi connectivity index (χ3v) is 8.21. The molecule has 4 rings (SSSR count). The molecule has 6 heteroatoms. The van der Waals surface area contributed by atoms with Crippen LogP contribution in [0.25, 0.3) is 11.3 Å². The van der Waals surface area contributed by atoms with E-state index in [0.717, 1.165) is 41.6 Å². The number of benzene rings is 2. The first-order valence-corrected chi connectivity index (χ1v) is 11.9. The minimum absolute atomic E-state index is 0.356. The lowest BCUT2D eigenvalue weighted by Crippen LogP contribution is -2.39. The smallest absolute Gasteiger partial charge is 0.243 e. The van der Waals surface area contributed by atoms with E-state index in [4.69, 9.17) is 4.52 Å². The summed E-state index contributed by atoms with van der Waals surface area (Å²) in [6.45, 7) is 6.78. The summed E-state index contributed by atoms with van der Waals surface area (Å²) in [7, 11) is -3.55. The molecule has 0 atom stereocenters. The summed E-state index contributed by atoms with van der Waals surface area (Å²) in [6.07, 6.45) is 2.77. The normalized spacial score (nSPS) is 16.1. The van der Waals surface area contributed by atoms with Crippen LogP contribution in [-0.4, -0.2) is 31.0 Å². The molecule has 1 aromatic heterocycles. The van der Waals surface area contributed by atoms with Gasteiger partial charge in [0.25, 0.3) is 0 Å². The zero-order valence-corrected chi connectivity index (χ0v) is 18.6. The van der Waals surface area contributed by atoms with Gasteiger partial charge in [-0.2, -0.15) is 4.31 Å². The van der Waals surface area contributed by atoms with Crippen LogP contribution in [0, 0.1) is 26.7 Å². The number of hydrogen-bond donors (Lipinski definition) is 0. The van der Waals surface area contributed by atoms with Crippen molar-refractivity contribution in [3.63, 3.8) is 0 Å². The summed E-state index contributed by atoms with van der Waals surface area (Å²) in [5.74, 6) is 1.15.